The maximum atomic E-state index is 11.5. The van der Waals surface area contributed by atoms with Crippen molar-refractivity contribution in [1.82, 2.24) is 0 Å². The van der Waals surface area contributed by atoms with Gasteiger partial charge in [-0.15, -0.1) is 0 Å². The Labute approximate surface area is 94.2 Å². The smallest absolute Gasteiger partial charge is 0.340 e. The molecule has 0 aromatic heterocycles. The third kappa shape index (κ3) is 2.87. The molecule has 1 rings (SSSR count). The summed E-state index contributed by atoms with van der Waals surface area (Å²) in [5.41, 5.74) is 7.21. The highest BCUT2D eigenvalue weighted by atomic mass is 16.5. The second kappa shape index (κ2) is 5.97. The van der Waals surface area contributed by atoms with E-state index in [4.69, 9.17) is 10.8 Å². The molecule has 0 radical (unpaired) electrons. The Morgan fingerprint density at radius 1 is 1.56 bits per heavy atom. The molecule has 0 saturated heterocycles. The number of para-hydroxylation sites is 1. The molecule has 0 amide bonds. The van der Waals surface area contributed by atoms with Gasteiger partial charge in [0.25, 0.3) is 0 Å². The number of ether oxygens (including phenoxy) is 1. The van der Waals surface area contributed by atoms with E-state index >= 15 is 0 Å². The van der Waals surface area contributed by atoms with Crippen molar-refractivity contribution in [2.75, 3.05) is 31.3 Å². The Bertz CT molecular complexity index is 366. The van der Waals surface area contributed by atoms with E-state index in [1.807, 2.05) is 0 Å². The lowest BCUT2D eigenvalue weighted by molar-refractivity contribution is 0.0602. The van der Waals surface area contributed by atoms with Crippen LogP contribution in [-0.4, -0.2) is 31.3 Å². The average molecular weight is 224 g/mol. The van der Waals surface area contributed by atoms with Gasteiger partial charge in [-0.25, -0.2) is 4.79 Å². The number of esters is 1. The van der Waals surface area contributed by atoms with Gasteiger partial charge >= 0.3 is 5.97 Å². The molecule has 4 N–H and O–H groups in total. The Kier molecular flexibility index (Phi) is 4.60. The van der Waals surface area contributed by atoms with Gasteiger partial charge in [-0.1, -0.05) is 6.07 Å². The molecule has 88 valence electrons. The van der Waals surface area contributed by atoms with E-state index in [2.05, 4.69) is 10.1 Å². The van der Waals surface area contributed by atoms with Gasteiger partial charge in [0, 0.05) is 13.2 Å². The minimum Gasteiger partial charge on any atom is -0.465 e. The van der Waals surface area contributed by atoms with Crippen LogP contribution in [-0.2, 0) is 4.74 Å². The second-order valence-electron chi connectivity index (χ2n) is 3.27. The average Bonchev–Trinajstić information content (AvgIpc) is 2.30. The van der Waals surface area contributed by atoms with Crippen LogP contribution in [0, 0.1) is 0 Å². The number of carbonyl (C=O) groups excluding carboxylic acids is 1. The van der Waals surface area contributed by atoms with Crippen molar-refractivity contribution >= 4 is 17.3 Å². The summed E-state index contributed by atoms with van der Waals surface area (Å²) < 4.78 is 4.65. The second-order valence-corrected chi connectivity index (χ2v) is 3.27. The lowest BCUT2D eigenvalue weighted by Gasteiger charge is -2.12. The molecule has 16 heavy (non-hydrogen) atoms. The van der Waals surface area contributed by atoms with Crippen molar-refractivity contribution in [3.05, 3.63) is 23.8 Å². The minimum atomic E-state index is -0.432. The summed E-state index contributed by atoms with van der Waals surface area (Å²) in [6, 6.07) is 5.04. The first kappa shape index (κ1) is 12.3. The highest BCUT2D eigenvalue weighted by Crippen LogP contribution is 2.23. The molecule has 5 heteroatoms. The van der Waals surface area contributed by atoms with Crippen LogP contribution in [0.25, 0.3) is 0 Å². The molecule has 0 aliphatic heterocycles. The van der Waals surface area contributed by atoms with Crippen LogP contribution in [0.5, 0.6) is 0 Å². The van der Waals surface area contributed by atoms with Crippen molar-refractivity contribution in [3.8, 4) is 0 Å². The van der Waals surface area contributed by atoms with Crippen molar-refractivity contribution in [1.29, 1.82) is 0 Å². The van der Waals surface area contributed by atoms with Crippen LogP contribution >= 0.6 is 0 Å². The number of anilines is 2. The van der Waals surface area contributed by atoms with Gasteiger partial charge in [0.15, 0.2) is 0 Å². The Morgan fingerprint density at radius 2 is 2.31 bits per heavy atom. The quantitative estimate of drug-likeness (QED) is 0.392. The third-order valence-electron chi connectivity index (χ3n) is 2.14. The zero-order valence-corrected chi connectivity index (χ0v) is 9.19. The van der Waals surface area contributed by atoms with Gasteiger partial charge in [-0.05, 0) is 18.6 Å². The molecule has 5 nitrogen and oxygen atoms in total. The van der Waals surface area contributed by atoms with E-state index in [-0.39, 0.29) is 6.61 Å². The zero-order chi connectivity index (χ0) is 12.0. The molecular formula is C11H16N2O3. The van der Waals surface area contributed by atoms with Gasteiger partial charge in [0.05, 0.1) is 24.0 Å². The zero-order valence-electron chi connectivity index (χ0n) is 9.19. The normalized spacial score (nSPS) is 9.88. The van der Waals surface area contributed by atoms with E-state index in [0.717, 1.165) is 0 Å². The van der Waals surface area contributed by atoms with Gasteiger partial charge in [-0.3, -0.25) is 0 Å². The number of hydrogen-bond acceptors (Lipinski definition) is 5. The molecule has 1 aromatic carbocycles. The van der Waals surface area contributed by atoms with E-state index in [1.54, 1.807) is 18.2 Å². The summed E-state index contributed by atoms with van der Waals surface area (Å²) in [5, 5.41) is 11.7. The molecule has 0 bridgehead atoms. The SMILES string of the molecule is COC(=O)c1cccc(N)c1NCCCO. The number of methoxy groups -OCH3 is 1. The summed E-state index contributed by atoms with van der Waals surface area (Å²) in [6.45, 7) is 0.641. The molecule has 0 aliphatic rings. The van der Waals surface area contributed by atoms with Gasteiger partial charge in [0.1, 0.15) is 0 Å². The summed E-state index contributed by atoms with van der Waals surface area (Å²) in [6.07, 6.45) is 0.592. The van der Waals surface area contributed by atoms with Gasteiger partial charge < -0.3 is 20.9 Å². The summed E-state index contributed by atoms with van der Waals surface area (Å²) in [4.78, 5) is 11.5. The number of nitrogens with two attached hydrogens (primary N) is 1. The van der Waals surface area contributed by atoms with Crippen LogP contribution < -0.4 is 11.1 Å². The largest absolute Gasteiger partial charge is 0.465 e. The molecular weight excluding hydrogens is 208 g/mol. The molecule has 0 aliphatic carbocycles. The highest BCUT2D eigenvalue weighted by molar-refractivity contribution is 5.98. The van der Waals surface area contributed by atoms with Crippen molar-refractivity contribution in [2.24, 2.45) is 0 Å². The van der Waals surface area contributed by atoms with Crippen molar-refractivity contribution in [3.63, 3.8) is 0 Å². The van der Waals surface area contributed by atoms with Crippen molar-refractivity contribution in [2.45, 2.75) is 6.42 Å². The van der Waals surface area contributed by atoms with Crippen LogP contribution in [0.15, 0.2) is 18.2 Å². The lowest BCUT2D eigenvalue weighted by Crippen LogP contribution is -2.12. The molecule has 0 heterocycles. The van der Waals surface area contributed by atoms with Crippen LogP contribution in [0.2, 0.25) is 0 Å². The number of benzene rings is 1. The number of rotatable bonds is 5. The summed E-state index contributed by atoms with van der Waals surface area (Å²) >= 11 is 0. The monoisotopic (exact) mass is 224 g/mol. The highest BCUT2D eigenvalue weighted by Gasteiger charge is 2.13. The maximum absolute atomic E-state index is 11.5. The van der Waals surface area contributed by atoms with E-state index in [0.29, 0.717) is 29.9 Å². The number of aliphatic hydroxyl groups is 1. The van der Waals surface area contributed by atoms with E-state index in [9.17, 15) is 4.79 Å². The number of nitrogen functional groups attached to an aromatic ring is 1. The number of nitrogens with one attached hydrogen (secondary N) is 1. The van der Waals surface area contributed by atoms with Crippen LogP contribution in [0.3, 0.4) is 0 Å². The Morgan fingerprint density at radius 3 is 2.94 bits per heavy atom. The molecule has 0 atom stereocenters. The Balaban J connectivity index is 2.90. The summed E-state index contributed by atoms with van der Waals surface area (Å²) in [7, 11) is 1.32. The number of aliphatic hydroxyl groups excluding tert-OH is 1. The third-order valence-corrected chi connectivity index (χ3v) is 2.14. The fourth-order valence-corrected chi connectivity index (χ4v) is 1.34. The summed E-state index contributed by atoms with van der Waals surface area (Å²) in [5.74, 6) is -0.432. The fraction of sp³-hybridized carbons (Fsp3) is 0.364. The number of hydrogen-bond donors (Lipinski definition) is 3. The first-order chi connectivity index (χ1) is 7.70. The lowest BCUT2D eigenvalue weighted by atomic mass is 10.1. The molecule has 0 fully saturated rings. The van der Waals surface area contributed by atoms with E-state index in [1.165, 1.54) is 7.11 Å². The Hall–Kier alpha value is -1.75. The van der Waals surface area contributed by atoms with E-state index < -0.39 is 5.97 Å². The molecule has 0 saturated carbocycles. The van der Waals surface area contributed by atoms with Gasteiger partial charge in [0.2, 0.25) is 0 Å². The predicted octanol–water partition coefficient (Wildman–Crippen LogP) is 0.850. The minimum absolute atomic E-state index is 0.0906. The predicted molar refractivity (Wildman–Crippen MR) is 62.4 cm³/mol. The van der Waals surface area contributed by atoms with Crippen molar-refractivity contribution < 1.29 is 14.6 Å². The fourth-order valence-electron chi connectivity index (χ4n) is 1.34. The molecule has 0 unspecified atom stereocenters. The first-order valence-corrected chi connectivity index (χ1v) is 5.02. The molecule has 0 spiro atoms. The van der Waals surface area contributed by atoms with Crippen LogP contribution in [0.1, 0.15) is 16.8 Å². The number of carbonyl (C=O) groups is 1. The molecule has 1 aromatic rings. The maximum Gasteiger partial charge on any atom is 0.340 e. The first-order valence-electron chi connectivity index (χ1n) is 5.02. The standard InChI is InChI=1S/C11H16N2O3/c1-16-11(15)8-4-2-5-9(12)10(8)13-6-3-7-14/h2,4-5,13-14H,3,6-7,12H2,1H3. The topological polar surface area (TPSA) is 84.6 Å². The van der Waals surface area contributed by atoms with Crippen LogP contribution in [0.4, 0.5) is 11.4 Å². The van der Waals surface area contributed by atoms with Gasteiger partial charge in [-0.2, -0.15) is 0 Å².